The summed E-state index contributed by atoms with van der Waals surface area (Å²) in [7, 11) is 6.68. The zero-order valence-corrected chi connectivity index (χ0v) is 20.4. The molecule has 1 aliphatic carbocycles. The number of methoxy groups -OCH3 is 2. The summed E-state index contributed by atoms with van der Waals surface area (Å²) in [6.07, 6.45) is 2.60. The highest BCUT2D eigenvalue weighted by atomic mass is 32.1. The van der Waals surface area contributed by atoms with Gasteiger partial charge in [-0.3, -0.25) is 4.79 Å². The van der Waals surface area contributed by atoms with Crippen LogP contribution in [0, 0.1) is 6.92 Å². The molecule has 174 valence electrons. The van der Waals surface area contributed by atoms with Gasteiger partial charge in [0.25, 0.3) is 0 Å². The first-order valence-electron chi connectivity index (χ1n) is 10.8. The molecule has 3 amide bonds. The number of thiophene rings is 1. The molecule has 1 aromatic carbocycles. The highest BCUT2D eigenvalue weighted by molar-refractivity contribution is 7.11. The number of urea groups is 1. The van der Waals surface area contributed by atoms with Crippen LogP contribution in [0.2, 0.25) is 0 Å². The number of aryl methyl sites for hydroxylation is 1. The average molecular weight is 460 g/mol. The summed E-state index contributed by atoms with van der Waals surface area (Å²) >= 11 is 1.70. The Labute approximate surface area is 194 Å². The van der Waals surface area contributed by atoms with Crippen LogP contribution in [0.4, 0.5) is 4.79 Å². The molecule has 8 heteroatoms. The predicted molar refractivity (Wildman–Crippen MR) is 127 cm³/mol. The summed E-state index contributed by atoms with van der Waals surface area (Å²) in [5, 5.41) is 0. The Balaban J connectivity index is 1.74. The maximum Gasteiger partial charge on any atom is 0.320 e. The van der Waals surface area contributed by atoms with Gasteiger partial charge in [0, 0.05) is 36.4 Å². The van der Waals surface area contributed by atoms with Crippen LogP contribution in [0.1, 0.15) is 28.2 Å². The molecule has 0 radical (unpaired) electrons. The van der Waals surface area contributed by atoms with E-state index < -0.39 is 0 Å². The van der Waals surface area contributed by atoms with E-state index in [1.165, 1.54) is 4.88 Å². The van der Waals surface area contributed by atoms with Gasteiger partial charge in [0.2, 0.25) is 5.91 Å². The fourth-order valence-electron chi connectivity index (χ4n) is 3.59. The Bertz CT molecular complexity index is 939. The van der Waals surface area contributed by atoms with Crippen molar-refractivity contribution in [1.82, 2.24) is 14.7 Å². The molecule has 1 saturated carbocycles. The highest BCUT2D eigenvalue weighted by Gasteiger charge is 2.35. The van der Waals surface area contributed by atoms with Gasteiger partial charge in [0.05, 0.1) is 20.8 Å². The van der Waals surface area contributed by atoms with Crippen LogP contribution in [0.25, 0.3) is 0 Å². The third-order valence-electron chi connectivity index (χ3n) is 5.54. The average Bonchev–Trinajstić information content (AvgIpc) is 3.54. The van der Waals surface area contributed by atoms with Crippen molar-refractivity contribution in [1.29, 1.82) is 0 Å². The largest absolute Gasteiger partial charge is 0.493 e. The van der Waals surface area contributed by atoms with Crippen molar-refractivity contribution >= 4 is 23.3 Å². The molecule has 32 heavy (non-hydrogen) atoms. The molecule has 1 heterocycles. The number of nitrogens with zero attached hydrogens (tertiary/aromatic N) is 3. The molecule has 0 unspecified atom stereocenters. The Hall–Kier alpha value is -2.74. The monoisotopic (exact) mass is 459 g/mol. The minimum atomic E-state index is -0.104. The molecule has 0 N–H and O–H groups in total. The van der Waals surface area contributed by atoms with E-state index in [0.29, 0.717) is 31.0 Å². The van der Waals surface area contributed by atoms with E-state index in [9.17, 15) is 9.59 Å². The maximum absolute atomic E-state index is 13.3. The lowest BCUT2D eigenvalue weighted by Gasteiger charge is -2.29. The second kappa shape index (κ2) is 10.7. The number of rotatable bonds is 10. The van der Waals surface area contributed by atoms with Crippen molar-refractivity contribution in [3.05, 3.63) is 45.6 Å². The third kappa shape index (κ3) is 6.16. The van der Waals surface area contributed by atoms with Gasteiger partial charge in [-0.05, 0) is 56.0 Å². The first-order valence-corrected chi connectivity index (χ1v) is 11.7. The topological polar surface area (TPSA) is 62.3 Å². The summed E-state index contributed by atoms with van der Waals surface area (Å²) in [5.41, 5.74) is 1.06. The second-order valence-corrected chi connectivity index (χ2v) is 9.68. The lowest BCUT2D eigenvalue weighted by atomic mass is 10.1. The van der Waals surface area contributed by atoms with Crippen molar-refractivity contribution in [3.8, 4) is 11.5 Å². The van der Waals surface area contributed by atoms with Crippen LogP contribution in [0.15, 0.2) is 30.3 Å². The van der Waals surface area contributed by atoms with Gasteiger partial charge in [-0.2, -0.15) is 0 Å². The molecular formula is C24H33N3O4S. The number of carbonyl (C=O) groups excluding carboxylic acids is 2. The zero-order chi connectivity index (χ0) is 23.3. The van der Waals surface area contributed by atoms with E-state index in [4.69, 9.17) is 9.47 Å². The Morgan fingerprint density at radius 2 is 1.78 bits per heavy atom. The summed E-state index contributed by atoms with van der Waals surface area (Å²) in [6.45, 7) is 3.27. The molecule has 2 aromatic rings. The van der Waals surface area contributed by atoms with Crippen LogP contribution in [-0.4, -0.2) is 74.1 Å². The molecule has 0 bridgehead atoms. The Morgan fingerprint density at radius 3 is 2.34 bits per heavy atom. The van der Waals surface area contributed by atoms with Crippen LogP contribution in [0.5, 0.6) is 11.5 Å². The molecular weight excluding hydrogens is 426 g/mol. The number of benzene rings is 1. The fourth-order valence-corrected chi connectivity index (χ4v) is 4.50. The fraction of sp³-hybridized carbons (Fsp3) is 0.500. The normalized spacial score (nSPS) is 12.9. The summed E-state index contributed by atoms with van der Waals surface area (Å²) in [4.78, 5) is 33.4. The number of amides is 3. The van der Waals surface area contributed by atoms with Gasteiger partial charge < -0.3 is 24.2 Å². The minimum Gasteiger partial charge on any atom is -0.493 e. The molecule has 1 aliphatic rings. The molecule has 3 rings (SSSR count). The van der Waals surface area contributed by atoms with Crippen LogP contribution < -0.4 is 9.47 Å². The lowest BCUT2D eigenvalue weighted by molar-refractivity contribution is -0.132. The number of hydrogen-bond acceptors (Lipinski definition) is 5. The third-order valence-corrected chi connectivity index (χ3v) is 6.52. The first kappa shape index (κ1) is 23.9. The second-order valence-electron chi connectivity index (χ2n) is 8.30. The van der Waals surface area contributed by atoms with Crippen molar-refractivity contribution < 1.29 is 19.1 Å². The predicted octanol–water partition coefficient (Wildman–Crippen LogP) is 3.79. The maximum atomic E-state index is 13.3. The highest BCUT2D eigenvalue weighted by Crippen LogP contribution is 2.29. The van der Waals surface area contributed by atoms with Gasteiger partial charge >= 0.3 is 6.03 Å². The number of hydrogen-bond donors (Lipinski definition) is 0. The molecule has 0 saturated heterocycles. The van der Waals surface area contributed by atoms with E-state index in [1.807, 2.05) is 23.1 Å². The minimum absolute atomic E-state index is 0.0290. The van der Waals surface area contributed by atoms with Crippen LogP contribution in [0.3, 0.4) is 0 Å². The van der Waals surface area contributed by atoms with Gasteiger partial charge in [-0.25, -0.2) is 4.79 Å². The standard InChI is InChI=1S/C24H33N3O4S/c1-17-6-10-20(32-17)15-26(13-12-18-7-11-21(30-4)22(14-18)31-5)23(28)16-27(19-8-9-19)24(29)25(2)3/h6-7,10-11,14,19H,8-9,12-13,15-16H2,1-5H3. The first-order chi connectivity index (χ1) is 15.3. The quantitative estimate of drug-likeness (QED) is 0.542. The van der Waals surface area contributed by atoms with Gasteiger partial charge in [-0.1, -0.05) is 6.07 Å². The molecule has 0 aliphatic heterocycles. The Morgan fingerprint density at radius 1 is 1.06 bits per heavy atom. The Kier molecular flexibility index (Phi) is 8.01. The summed E-state index contributed by atoms with van der Waals surface area (Å²) in [6, 6.07) is 10.0. The summed E-state index contributed by atoms with van der Waals surface area (Å²) < 4.78 is 10.7. The van der Waals surface area contributed by atoms with Crippen LogP contribution >= 0.6 is 11.3 Å². The molecule has 0 spiro atoms. The van der Waals surface area contributed by atoms with E-state index in [-0.39, 0.29) is 24.5 Å². The van der Waals surface area contributed by atoms with Crippen molar-refractivity contribution in [3.63, 3.8) is 0 Å². The van der Waals surface area contributed by atoms with E-state index in [0.717, 1.165) is 23.3 Å². The van der Waals surface area contributed by atoms with Gasteiger partial charge in [0.15, 0.2) is 11.5 Å². The zero-order valence-electron chi connectivity index (χ0n) is 19.6. The molecule has 1 aromatic heterocycles. The van der Waals surface area contributed by atoms with Crippen molar-refractivity contribution in [2.24, 2.45) is 0 Å². The number of carbonyl (C=O) groups is 2. The molecule has 1 fully saturated rings. The lowest BCUT2D eigenvalue weighted by Crippen LogP contribution is -2.47. The van der Waals surface area contributed by atoms with E-state index in [1.54, 1.807) is 49.5 Å². The molecule has 0 atom stereocenters. The molecule has 7 nitrogen and oxygen atoms in total. The van der Waals surface area contributed by atoms with E-state index in [2.05, 4.69) is 19.1 Å². The smallest absolute Gasteiger partial charge is 0.320 e. The van der Waals surface area contributed by atoms with Crippen molar-refractivity contribution in [2.45, 2.75) is 38.8 Å². The van der Waals surface area contributed by atoms with E-state index >= 15 is 0 Å². The van der Waals surface area contributed by atoms with Gasteiger partial charge in [-0.15, -0.1) is 11.3 Å². The van der Waals surface area contributed by atoms with Crippen LogP contribution in [-0.2, 0) is 17.8 Å². The number of ether oxygens (including phenoxy) is 2. The SMILES string of the molecule is COc1ccc(CCN(Cc2ccc(C)s2)C(=O)CN(C(=O)N(C)C)C2CC2)cc1OC. The van der Waals surface area contributed by atoms with Gasteiger partial charge in [0.1, 0.15) is 6.54 Å². The summed E-state index contributed by atoms with van der Waals surface area (Å²) in [5.74, 6) is 1.33. The van der Waals surface area contributed by atoms with Crippen molar-refractivity contribution in [2.75, 3.05) is 41.4 Å².